The SMILES string of the molecule is CC(=O)NC1CCN(c2ccc3nnc(-c4ccccc4F)n3n2)CC1. The predicted octanol–water partition coefficient (Wildman–Crippen LogP) is 2.04. The number of amides is 1. The summed E-state index contributed by atoms with van der Waals surface area (Å²) in [6.07, 6.45) is 1.73. The van der Waals surface area contributed by atoms with Crippen LogP contribution < -0.4 is 10.2 Å². The fraction of sp³-hybridized carbons (Fsp3) is 0.333. The number of carbonyl (C=O) groups is 1. The summed E-state index contributed by atoms with van der Waals surface area (Å²) in [5.41, 5.74) is 0.939. The number of piperidine rings is 1. The molecular formula is C18H19FN6O. The number of rotatable bonds is 3. The van der Waals surface area contributed by atoms with Gasteiger partial charge in [0.05, 0.1) is 5.56 Å². The highest BCUT2D eigenvalue weighted by atomic mass is 19.1. The molecule has 1 aliphatic rings. The molecule has 8 heteroatoms. The van der Waals surface area contributed by atoms with Crippen molar-refractivity contribution in [3.63, 3.8) is 0 Å². The molecule has 1 fully saturated rings. The number of aromatic nitrogens is 4. The Bertz CT molecular complexity index is 948. The Morgan fingerprint density at radius 1 is 1.15 bits per heavy atom. The van der Waals surface area contributed by atoms with Crippen LogP contribution in [0.5, 0.6) is 0 Å². The molecule has 3 aromatic rings. The molecule has 0 aliphatic carbocycles. The smallest absolute Gasteiger partial charge is 0.217 e. The molecule has 0 atom stereocenters. The van der Waals surface area contributed by atoms with Gasteiger partial charge in [-0.05, 0) is 37.1 Å². The van der Waals surface area contributed by atoms with Crippen molar-refractivity contribution in [2.45, 2.75) is 25.8 Å². The minimum Gasteiger partial charge on any atom is -0.355 e. The maximum atomic E-state index is 14.1. The van der Waals surface area contributed by atoms with E-state index in [1.165, 1.54) is 13.0 Å². The number of fused-ring (bicyclic) bond motifs is 1. The number of anilines is 1. The molecule has 1 saturated heterocycles. The number of carbonyl (C=O) groups excluding carboxylic acids is 1. The van der Waals surface area contributed by atoms with Gasteiger partial charge in [-0.2, -0.15) is 4.52 Å². The molecule has 0 radical (unpaired) electrons. The molecule has 0 unspecified atom stereocenters. The van der Waals surface area contributed by atoms with Gasteiger partial charge in [-0.3, -0.25) is 4.79 Å². The Labute approximate surface area is 149 Å². The Hall–Kier alpha value is -3.03. The van der Waals surface area contributed by atoms with Gasteiger partial charge in [0.25, 0.3) is 0 Å². The zero-order chi connectivity index (χ0) is 18.1. The van der Waals surface area contributed by atoms with E-state index in [9.17, 15) is 9.18 Å². The maximum Gasteiger partial charge on any atom is 0.217 e. The van der Waals surface area contributed by atoms with E-state index in [0.29, 0.717) is 17.0 Å². The van der Waals surface area contributed by atoms with Crippen molar-refractivity contribution >= 4 is 17.4 Å². The first-order chi connectivity index (χ1) is 12.6. The molecule has 134 valence electrons. The monoisotopic (exact) mass is 354 g/mol. The lowest BCUT2D eigenvalue weighted by atomic mass is 10.1. The second-order valence-electron chi connectivity index (χ2n) is 6.43. The molecule has 1 aromatic carbocycles. The first kappa shape index (κ1) is 16.4. The third kappa shape index (κ3) is 3.10. The van der Waals surface area contributed by atoms with Gasteiger partial charge in [-0.1, -0.05) is 12.1 Å². The molecule has 26 heavy (non-hydrogen) atoms. The van der Waals surface area contributed by atoms with Gasteiger partial charge in [0, 0.05) is 26.1 Å². The first-order valence-corrected chi connectivity index (χ1v) is 8.61. The fourth-order valence-corrected chi connectivity index (χ4v) is 3.30. The van der Waals surface area contributed by atoms with Gasteiger partial charge >= 0.3 is 0 Å². The average molecular weight is 354 g/mol. The standard InChI is InChI=1S/C18H19FN6O/c1-12(26)20-13-8-10-24(11-9-13)17-7-6-16-21-22-18(25(16)23-17)14-4-2-3-5-15(14)19/h2-7,13H,8-11H2,1H3,(H,20,26). The van der Waals surface area contributed by atoms with E-state index in [0.717, 1.165) is 31.7 Å². The predicted molar refractivity (Wildman–Crippen MR) is 95.2 cm³/mol. The number of hydrogen-bond acceptors (Lipinski definition) is 5. The Balaban J connectivity index is 1.61. The Morgan fingerprint density at radius 2 is 1.92 bits per heavy atom. The van der Waals surface area contributed by atoms with Crippen molar-refractivity contribution in [2.24, 2.45) is 0 Å². The third-order valence-corrected chi connectivity index (χ3v) is 4.59. The Kier molecular flexibility index (Phi) is 4.24. The zero-order valence-electron chi connectivity index (χ0n) is 14.4. The highest BCUT2D eigenvalue weighted by Crippen LogP contribution is 2.23. The van der Waals surface area contributed by atoms with E-state index in [1.54, 1.807) is 22.7 Å². The first-order valence-electron chi connectivity index (χ1n) is 8.61. The summed E-state index contributed by atoms with van der Waals surface area (Å²) in [7, 11) is 0. The van der Waals surface area contributed by atoms with Gasteiger partial charge in [0.15, 0.2) is 11.5 Å². The van der Waals surface area contributed by atoms with Crippen molar-refractivity contribution in [1.82, 2.24) is 25.1 Å². The lowest BCUT2D eigenvalue weighted by Crippen LogP contribution is -2.44. The Morgan fingerprint density at radius 3 is 2.65 bits per heavy atom. The second-order valence-corrected chi connectivity index (χ2v) is 6.43. The lowest BCUT2D eigenvalue weighted by Gasteiger charge is -2.32. The largest absolute Gasteiger partial charge is 0.355 e. The number of nitrogens with zero attached hydrogens (tertiary/aromatic N) is 5. The van der Waals surface area contributed by atoms with Crippen LogP contribution in [-0.4, -0.2) is 44.8 Å². The van der Waals surface area contributed by atoms with Crippen molar-refractivity contribution < 1.29 is 9.18 Å². The molecular weight excluding hydrogens is 335 g/mol. The van der Waals surface area contributed by atoms with Crippen LogP contribution in [0.2, 0.25) is 0 Å². The van der Waals surface area contributed by atoms with E-state index >= 15 is 0 Å². The molecule has 1 N–H and O–H groups in total. The third-order valence-electron chi connectivity index (χ3n) is 4.59. The molecule has 0 saturated carbocycles. The molecule has 0 bridgehead atoms. The number of halogens is 1. The van der Waals surface area contributed by atoms with Gasteiger partial charge < -0.3 is 10.2 Å². The van der Waals surface area contributed by atoms with Crippen molar-refractivity contribution in [3.8, 4) is 11.4 Å². The summed E-state index contributed by atoms with van der Waals surface area (Å²) in [5, 5.41) is 15.8. The second kappa shape index (κ2) is 6.70. The van der Waals surface area contributed by atoms with Crippen LogP contribution in [0.25, 0.3) is 17.0 Å². The summed E-state index contributed by atoms with van der Waals surface area (Å²) in [4.78, 5) is 13.4. The normalized spacial score (nSPS) is 15.4. The van der Waals surface area contributed by atoms with Gasteiger partial charge in [-0.15, -0.1) is 15.3 Å². The number of hydrogen-bond donors (Lipinski definition) is 1. The summed E-state index contributed by atoms with van der Waals surface area (Å²) in [6.45, 7) is 3.12. The van der Waals surface area contributed by atoms with Crippen LogP contribution in [0.15, 0.2) is 36.4 Å². The van der Waals surface area contributed by atoms with E-state index in [-0.39, 0.29) is 17.8 Å². The number of benzene rings is 1. The van der Waals surface area contributed by atoms with Crippen molar-refractivity contribution in [2.75, 3.05) is 18.0 Å². The minimum absolute atomic E-state index is 0.00186. The molecule has 7 nitrogen and oxygen atoms in total. The van der Waals surface area contributed by atoms with Crippen molar-refractivity contribution in [1.29, 1.82) is 0 Å². The highest BCUT2D eigenvalue weighted by molar-refractivity contribution is 5.73. The van der Waals surface area contributed by atoms with Crippen molar-refractivity contribution in [3.05, 3.63) is 42.2 Å². The van der Waals surface area contributed by atoms with Crippen LogP contribution in [0.4, 0.5) is 10.2 Å². The summed E-state index contributed by atoms with van der Waals surface area (Å²) < 4.78 is 15.7. The summed E-state index contributed by atoms with van der Waals surface area (Å²) in [6, 6.07) is 10.4. The number of nitrogens with one attached hydrogen (secondary N) is 1. The van der Waals surface area contributed by atoms with Crippen LogP contribution in [-0.2, 0) is 4.79 Å². The van der Waals surface area contributed by atoms with E-state index in [2.05, 4.69) is 25.5 Å². The van der Waals surface area contributed by atoms with Gasteiger partial charge in [-0.25, -0.2) is 4.39 Å². The molecule has 0 spiro atoms. The minimum atomic E-state index is -0.356. The maximum absolute atomic E-state index is 14.1. The fourth-order valence-electron chi connectivity index (χ4n) is 3.30. The quantitative estimate of drug-likeness (QED) is 0.779. The summed E-state index contributed by atoms with van der Waals surface area (Å²) >= 11 is 0. The zero-order valence-corrected chi connectivity index (χ0v) is 14.4. The highest BCUT2D eigenvalue weighted by Gasteiger charge is 2.22. The van der Waals surface area contributed by atoms with E-state index < -0.39 is 0 Å². The van der Waals surface area contributed by atoms with Crippen LogP contribution in [0.3, 0.4) is 0 Å². The molecule has 3 heterocycles. The molecule has 1 amide bonds. The van der Waals surface area contributed by atoms with Gasteiger partial charge in [0.2, 0.25) is 5.91 Å². The topological polar surface area (TPSA) is 75.4 Å². The van der Waals surface area contributed by atoms with E-state index in [4.69, 9.17) is 0 Å². The van der Waals surface area contributed by atoms with E-state index in [1.807, 2.05) is 12.1 Å². The van der Waals surface area contributed by atoms with Crippen LogP contribution >= 0.6 is 0 Å². The molecule has 2 aromatic heterocycles. The average Bonchev–Trinajstić information content (AvgIpc) is 3.05. The molecule has 1 aliphatic heterocycles. The lowest BCUT2D eigenvalue weighted by molar-refractivity contribution is -0.119. The summed E-state index contributed by atoms with van der Waals surface area (Å²) in [5.74, 6) is 0.816. The van der Waals surface area contributed by atoms with Gasteiger partial charge in [0.1, 0.15) is 11.6 Å². The molecule has 4 rings (SSSR count). The van der Waals surface area contributed by atoms with Crippen LogP contribution in [0, 0.1) is 5.82 Å². The van der Waals surface area contributed by atoms with Crippen LogP contribution in [0.1, 0.15) is 19.8 Å².